The van der Waals surface area contributed by atoms with Gasteiger partial charge in [-0.05, 0) is 74.0 Å². The van der Waals surface area contributed by atoms with Gasteiger partial charge in [-0.1, -0.05) is 12.1 Å². The Hall–Kier alpha value is -5.71. The number of anilines is 4. The van der Waals surface area contributed by atoms with E-state index in [1.807, 2.05) is 12.1 Å². The number of nitrogens with one attached hydrogen (secondary N) is 3. The minimum Gasteiger partial charge on any atom is -0.468 e. The number of aromatic nitrogens is 3. The number of nitrogens with zero attached hydrogens (tertiary/aromatic N) is 3. The molecule has 4 aromatic rings. The van der Waals surface area contributed by atoms with Crippen molar-refractivity contribution in [2.45, 2.75) is 19.8 Å². The van der Waals surface area contributed by atoms with Crippen molar-refractivity contribution in [2.24, 2.45) is 5.41 Å². The first-order valence-corrected chi connectivity index (χ1v) is 13.4. The summed E-state index contributed by atoms with van der Waals surface area (Å²) < 4.78 is 4.84. The number of pyridine rings is 1. The third kappa shape index (κ3) is 6.79. The number of hydrogen-bond acceptors (Lipinski definition) is 9. The number of Topliss-reactive ketones (excluding diaryl/α,β-unsaturated/α-hetero) is 1. The largest absolute Gasteiger partial charge is 0.468 e. The number of hydrogen-bond donors (Lipinski definition) is 3. The van der Waals surface area contributed by atoms with E-state index in [-0.39, 0.29) is 24.2 Å². The van der Waals surface area contributed by atoms with Crippen LogP contribution in [0.3, 0.4) is 0 Å². The lowest BCUT2D eigenvalue weighted by Gasteiger charge is -2.27. The molecule has 0 fully saturated rings. The van der Waals surface area contributed by atoms with Crippen molar-refractivity contribution in [1.82, 2.24) is 15.0 Å². The van der Waals surface area contributed by atoms with Crippen LogP contribution in [0, 0.1) is 5.41 Å². The molecule has 0 aliphatic heterocycles. The van der Waals surface area contributed by atoms with Crippen molar-refractivity contribution >= 4 is 46.6 Å². The molecule has 0 unspecified atom stereocenters. The molecule has 5 rings (SSSR count). The van der Waals surface area contributed by atoms with Crippen molar-refractivity contribution < 1.29 is 23.9 Å². The fourth-order valence-electron chi connectivity index (χ4n) is 4.57. The number of ether oxygens (including phenoxy) is 1. The van der Waals surface area contributed by atoms with Crippen molar-refractivity contribution in [1.29, 1.82) is 0 Å². The van der Waals surface area contributed by atoms with Crippen LogP contribution >= 0.6 is 0 Å². The Morgan fingerprint density at radius 1 is 0.884 bits per heavy atom. The quantitative estimate of drug-likeness (QED) is 0.196. The smallest absolute Gasteiger partial charge is 0.315 e. The number of carbonyl (C=O) groups is 4. The van der Waals surface area contributed by atoms with E-state index < -0.39 is 23.2 Å². The van der Waals surface area contributed by atoms with Gasteiger partial charge in [0.2, 0.25) is 5.95 Å². The van der Waals surface area contributed by atoms with Gasteiger partial charge < -0.3 is 20.7 Å². The molecule has 2 aromatic heterocycles. The average molecular weight is 577 g/mol. The monoisotopic (exact) mass is 576 g/mol. The molecule has 1 atom stereocenters. The zero-order valence-corrected chi connectivity index (χ0v) is 23.5. The summed E-state index contributed by atoms with van der Waals surface area (Å²) in [6, 6.07) is 18.9. The van der Waals surface area contributed by atoms with E-state index in [1.54, 1.807) is 74.0 Å². The maximum absolute atomic E-state index is 13.0. The van der Waals surface area contributed by atoms with Gasteiger partial charge >= 0.3 is 5.97 Å². The summed E-state index contributed by atoms with van der Waals surface area (Å²) in [5.41, 5.74) is 2.31. The number of benzene rings is 2. The van der Waals surface area contributed by atoms with Gasteiger partial charge in [-0.15, -0.1) is 0 Å². The molecule has 2 amide bonds. The summed E-state index contributed by atoms with van der Waals surface area (Å²) in [5.74, 6) is -1.52. The molecule has 0 saturated heterocycles. The Kier molecular flexibility index (Phi) is 8.33. The number of ketones is 1. The van der Waals surface area contributed by atoms with Gasteiger partial charge in [0.25, 0.3) is 11.8 Å². The van der Waals surface area contributed by atoms with Crippen molar-refractivity contribution in [3.63, 3.8) is 0 Å². The van der Waals surface area contributed by atoms with Gasteiger partial charge in [0, 0.05) is 53.2 Å². The van der Waals surface area contributed by atoms with E-state index in [2.05, 4.69) is 30.9 Å². The number of carbonyl (C=O) groups excluding carboxylic acids is 4. The Bertz CT molecular complexity index is 1720. The van der Waals surface area contributed by atoms with Crippen molar-refractivity contribution in [2.75, 3.05) is 23.1 Å². The van der Waals surface area contributed by atoms with E-state index in [4.69, 9.17) is 4.74 Å². The lowest BCUT2D eigenvalue weighted by atomic mass is 9.77. The molecule has 11 heteroatoms. The zero-order chi connectivity index (χ0) is 30.4. The van der Waals surface area contributed by atoms with Crippen LogP contribution in [-0.2, 0) is 19.1 Å². The summed E-state index contributed by atoms with van der Waals surface area (Å²) >= 11 is 0. The highest BCUT2D eigenvalue weighted by Gasteiger charge is 2.39. The SMILES string of the molecule is COC(=O)[C@@]1(C)C=C(C(=O)Nc2cccc(C(=O)Nc3ccc(Nc4nccc(-c5cccnc5)n4)cc3)c2)C(=O)CC1. The minimum absolute atomic E-state index is 0.0480. The first-order valence-electron chi connectivity index (χ1n) is 13.4. The van der Waals surface area contributed by atoms with Crippen LogP contribution in [0.4, 0.5) is 23.0 Å². The molecule has 0 saturated carbocycles. The molecule has 2 heterocycles. The van der Waals surface area contributed by atoms with Gasteiger partial charge in [0.05, 0.1) is 23.8 Å². The van der Waals surface area contributed by atoms with E-state index in [1.165, 1.54) is 19.3 Å². The number of esters is 1. The molecular formula is C32H28N6O5. The number of rotatable bonds is 8. The van der Waals surface area contributed by atoms with Crippen molar-refractivity contribution in [3.8, 4) is 11.3 Å². The lowest BCUT2D eigenvalue weighted by molar-refractivity contribution is -0.149. The van der Waals surface area contributed by atoms with E-state index in [0.29, 0.717) is 22.9 Å². The fourth-order valence-corrected chi connectivity index (χ4v) is 4.57. The maximum atomic E-state index is 13.0. The highest BCUT2D eigenvalue weighted by molar-refractivity contribution is 6.24. The lowest BCUT2D eigenvalue weighted by Crippen LogP contribution is -2.35. The van der Waals surface area contributed by atoms with E-state index in [0.717, 1.165) is 16.9 Å². The van der Waals surface area contributed by atoms with Gasteiger partial charge in [0.15, 0.2) is 5.78 Å². The third-order valence-electron chi connectivity index (χ3n) is 6.93. The van der Waals surface area contributed by atoms with Crippen LogP contribution in [0.5, 0.6) is 0 Å². The summed E-state index contributed by atoms with van der Waals surface area (Å²) in [6.45, 7) is 1.63. The molecule has 0 spiro atoms. The Morgan fingerprint density at radius 2 is 1.65 bits per heavy atom. The molecular weight excluding hydrogens is 548 g/mol. The predicted octanol–water partition coefficient (Wildman–Crippen LogP) is 4.94. The molecule has 2 aromatic carbocycles. The van der Waals surface area contributed by atoms with Gasteiger partial charge in [-0.25, -0.2) is 9.97 Å². The first kappa shape index (κ1) is 28.8. The van der Waals surface area contributed by atoms with Crippen LogP contribution in [0.15, 0.2) is 97.0 Å². The number of amides is 2. The molecule has 11 nitrogen and oxygen atoms in total. The highest BCUT2D eigenvalue weighted by Crippen LogP contribution is 2.34. The second-order valence-electron chi connectivity index (χ2n) is 10.1. The molecule has 0 bridgehead atoms. The normalized spacial score (nSPS) is 16.0. The number of methoxy groups -OCH3 is 1. The molecule has 1 aliphatic carbocycles. The van der Waals surface area contributed by atoms with Gasteiger partial charge in [-0.3, -0.25) is 24.2 Å². The summed E-state index contributed by atoms with van der Waals surface area (Å²) in [7, 11) is 1.26. The molecule has 0 radical (unpaired) electrons. The van der Waals surface area contributed by atoms with Crippen LogP contribution in [0.1, 0.15) is 30.1 Å². The van der Waals surface area contributed by atoms with Gasteiger partial charge in [-0.2, -0.15) is 0 Å². The summed E-state index contributed by atoms with van der Waals surface area (Å²) in [4.78, 5) is 63.4. The molecule has 43 heavy (non-hydrogen) atoms. The zero-order valence-electron chi connectivity index (χ0n) is 23.5. The highest BCUT2D eigenvalue weighted by atomic mass is 16.5. The molecule has 216 valence electrons. The molecule has 3 N–H and O–H groups in total. The van der Waals surface area contributed by atoms with Crippen LogP contribution < -0.4 is 16.0 Å². The molecule has 1 aliphatic rings. The second-order valence-corrected chi connectivity index (χ2v) is 10.1. The minimum atomic E-state index is -1.07. The van der Waals surface area contributed by atoms with Crippen LogP contribution in [0.2, 0.25) is 0 Å². The average Bonchev–Trinajstić information content (AvgIpc) is 3.03. The van der Waals surface area contributed by atoms with E-state index in [9.17, 15) is 19.2 Å². The maximum Gasteiger partial charge on any atom is 0.315 e. The van der Waals surface area contributed by atoms with Crippen LogP contribution in [0.25, 0.3) is 11.3 Å². The Balaban J connectivity index is 1.22. The van der Waals surface area contributed by atoms with Crippen molar-refractivity contribution in [3.05, 3.63) is 103 Å². The first-order chi connectivity index (χ1) is 20.7. The standard InChI is InChI=1S/C32H28N6O5/c1-32(30(42)43-2)14-12-27(39)25(18-32)29(41)36-24-7-3-5-20(17-24)28(40)35-22-8-10-23(11-9-22)37-31-34-16-13-26(38-31)21-6-4-15-33-19-21/h3-11,13,15-19H,12,14H2,1-2H3,(H,35,40)(H,36,41)(H,34,37,38)/t32-/m1/s1. The topological polar surface area (TPSA) is 152 Å². The fraction of sp³-hybridized carbons (Fsp3) is 0.156. The van der Waals surface area contributed by atoms with E-state index >= 15 is 0 Å². The predicted molar refractivity (Wildman–Crippen MR) is 160 cm³/mol. The van der Waals surface area contributed by atoms with Crippen LogP contribution in [-0.4, -0.2) is 45.6 Å². The van der Waals surface area contributed by atoms with Gasteiger partial charge in [0.1, 0.15) is 0 Å². The summed E-state index contributed by atoms with van der Waals surface area (Å²) in [6.07, 6.45) is 6.75. The second kappa shape index (κ2) is 12.4. The Labute approximate surface area is 247 Å². The third-order valence-corrected chi connectivity index (χ3v) is 6.93. The Morgan fingerprint density at radius 3 is 2.40 bits per heavy atom. The summed E-state index contributed by atoms with van der Waals surface area (Å²) in [5, 5.41) is 8.63.